The monoisotopic (exact) mass is 238 g/mol. The summed E-state index contributed by atoms with van der Waals surface area (Å²) in [6.07, 6.45) is 1.10. The van der Waals surface area contributed by atoms with Crippen molar-refractivity contribution in [1.82, 2.24) is 14.7 Å². The van der Waals surface area contributed by atoms with Gasteiger partial charge in [-0.25, -0.2) is 4.79 Å². The normalized spacial score (nSPS) is 19.7. The minimum Gasteiger partial charge on any atom is -0.391 e. The molecule has 0 saturated carbocycles. The van der Waals surface area contributed by atoms with E-state index in [9.17, 15) is 9.90 Å². The first-order valence-electron chi connectivity index (χ1n) is 5.87. The van der Waals surface area contributed by atoms with E-state index in [2.05, 4.69) is 10.4 Å². The van der Waals surface area contributed by atoms with Gasteiger partial charge in [0.1, 0.15) is 5.82 Å². The molecule has 17 heavy (non-hydrogen) atoms. The maximum absolute atomic E-state index is 11.9. The van der Waals surface area contributed by atoms with Crippen molar-refractivity contribution in [3.8, 4) is 0 Å². The Morgan fingerprint density at radius 1 is 1.71 bits per heavy atom. The van der Waals surface area contributed by atoms with Crippen LogP contribution in [0.4, 0.5) is 10.6 Å². The predicted octanol–water partition coefficient (Wildman–Crippen LogP) is 0.581. The fourth-order valence-electron chi connectivity index (χ4n) is 1.93. The average Bonchev–Trinajstić information content (AvgIpc) is 2.86. The summed E-state index contributed by atoms with van der Waals surface area (Å²) < 4.78 is 1.66. The van der Waals surface area contributed by atoms with E-state index in [1.165, 1.54) is 0 Å². The van der Waals surface area contributed by atoms with Crippen molar-refractivity contribution in [2.24, 2.45) is 7.05 Å². The van der Waals surface area contributed by atoms with E-state index in [0.29, 0.717) is 25.3 Å². The molecule has 1 aromatic heterocycles. The molecule has 1 aromatic rings. The summed E-state index contributed by atoms with van der Waals surface area (Å²) in [5.74, 6) is 0.688. The number of anilines is 1. The minimum absolute atomic E-state index is 0.174. The Balaban J connectivity index is 2.00. The first kappa shape index (κ1) is 11.9. The number of rotatable bonds is 2. The molecule has 0 aromatic carbocycles. The van der Waals surface area contributed by atoms with Crippen molar-refractivity contribution in [2.45, 2.75) is 25.9 Å². The number of hydrogen-bond acceptors (Lipinski definition) is 3. The summed E-state index contributed by atoms with van der Waals surface area (Å²) in [6.45, 7) is 3.03. The van der Waals surface area contributed by atoms with Crippen LogP contribution < -0.4 is 5.32 Å². The summed E-state index contributed by atoms with van der Waals surface area (Å²) in [4.78, 5) is 13.5. The van der Waals surface area contributed by atoms with Crippen molar-refractivity contribution >= 4 is 11.8 Å². The maximum Gasteiger partial charge on any atom is 0.323 e. The fraction of sp³-hybridized carbons (Fsp3) is 0.636. The third-order valence-corrected chi connectivity index (χ3v) is 2.98. The minimum atomic E-state index is -0.390. The molecule has 0 spiro atoms. The van der Waals surface area contributed by atoms with Gasteiger partial charge in [-0.1, -0.05) is 6.92 Å². The molecular formula is C11H18N4O2. The van der Waals surface area contributed by atoms with Gasteiger partial charge >= 0.3 is 6.03 Å². The van der Waals surface area contributed by atoms with E-state index in [1.54, 1.807) is 16.6 Å². The Morgan fingerprint density at radius 3 is 3.00 bits per heavy atom. The smallest absolute Gasteiger partial charge is 0.323 e. The van der Waals surface area contributed by atoms with Crippen LogP contribution in [0.15, 0.2) is 6.07 Å². The number of β-amino-alcohol motifs (C(OH)–C–C–N with tert-alkyl or cyclic N) is 1. The standard InChI is InChI=1S/C11H18N4O2/c1-3-8-6-10(14(2)13-8)12-11(17)15-5-4-9(16)7-15/h6,9,16H,3-5,7H2,1-2H3,(H,12,17)/t9-/m0/s1. The maximum atomic E-state index is 11.9. The molecule has 1 saturated heterocycles. The second kappa shape index (κ2) is 4.75. The number of carbonyl (C=O) groups excluding carboxylic acids is 1. The van der Waals surface area contributed by atoms with Gasteiger partial charge in [0, 0.05) is 26.2 Å². The van der Waals surface area contributed by atoms with Gasteiger partial charge in [-0.3, -0.25) is 10.00 Å². The molecule has 2 heterocycles. The van der Waals surface area contributed by atoms with Crippen LogP contribution in [0.2, 0.25) is 0 Å². The van der Waals surface area contributed by atoms with E-state index in [0.717, 1.165) is 12.1 Å². The molecule has 0 aliphatic carbocycles. The first-order valence-corrected chi connectivity index (χ1v) is 5.87. The SMILES string of the molecule is CCc1cc(NC(=O)N2CC[C@H](O)C2)n(C)n1. The molecule has 0 unspecified atom stereocenters. The lowest BCUT2D eigenvalue weighted by Gasteiger charge is -2.16. The van der Waals surface area contributed by atoms with Gasteiger partial charge in [0.2, 0.25) is 0 Å². The zero-order valence-corrected chi connectivity index (χ0v) is 10.2. The number of carbonyl (C=O) groups is 1. The first-order chi connectivity index (χ1) is 8.10. The zero-order valence-electron chi connectivity index (χ0n) is 10.2. The summed E-state index contributed by atoms with van der Waals surface area (Å²) in [6, 6.07) is 1.69. The number of aryl methyl sites for hydroxylation is 2. The zero-order chi connectivity index (χ0) is 12.4. The van der Waals surface area contributed by atoms with Gasteiger partial charge in [-0.05, 0) is 12.8 Å². The predicted molar refractivity (Wildman–Crippen MR) is 63.8 cm³/mol. The van der Waals surface area contributed by atoms with Crippen LogP contribution >= 0.6 is 0 Å². The van der Waals surface area contributed by atoms with Gasteiger partial charge in [0.05, 0.1) is 11.8 Å². The number of amides is 2. The Morgan fingerprint density at radius 2 is 2.47 bits per heavy atom. The van der Waals surface area contributed by atoms with Crippen molar-refractivity contribution in [1.29, 1.82) is 0 Å². The molecule has 2 N–H and O–H groups in total. The summed E-state index contributed by atoms with van der Waals surface area (Å²) in [5.41, 5.74) is 0.948. The number of likely N-dealkylation sites (tertiary alicyclic amines) is 1. The molecule has 6 heteroatoms. The second-order valence-electron chi connectivity index (χ2n) is 4.32. The number of aliphatic hydroxyl groups is 1. The largest absolute Gasteiger partial charge is 0.391 e. The molecular weight excluding hydrogens is 220 g/mol. The highest BCUT2D eigenvalue weighted by Crippen LogP contribution is 2.13. The van der Waals surface area contributed by atoms with Crippen LogP contribution in [-0.2, 0) is 13.5 Å². The molecule has 1 aliphatic heterocycles. The van der Waals surface area contributed by atoms with Gasteiger partial charge in [-0.2, -0.15) is 5.10 Å². The van der Waals surface area contributed by atoms with Crippen LogP contribution in [0.5, 0.6) is 0 Å². The van der Waals surface area contributed by atoms with Crippen LogP contribution in [0.25, 0.3) is 0 Å². The molecule has 2 amide bonds. The summed E-state index contributed by atoms with van der Waals surface area (Å²) in [5, 5.41) is 16.4. The highest BCUT2D eigenvalue weighted by molar-refractivity contribution is 5.88. The number of nitrogens with one attached hydrogen (secondary N) is 1. The van der Waals surface area contributed by atoms with Crippen LogP contribution in [0.3, 0.4) is 0 Å². The molecule has 1 atom stereocenters. The number of aromatic nitrogens is 2. The lowest BCUT2D eigenvalue weighted by Crippen LogP contribution is -2.34. The lowest BCUT2D eigenvalue weighted by atomic mass is 10.3. The summed E-state index contributed by atoms with van der Waals surface area (Å²) in [7, 11) is 1.80. The summed E-state index contributed by atoms with van der Waals surface area (Å²) >= 11 is 0. The van der Waals surface area contributed by atoms with Crippen LogP contribution in [0, 0.1) is 0 Å². The van der Waals surface area contributed by atoms with E-state index < -0.39 is 6.10 Å². The number of urea groups is 1. The van der Waals surface area contributed by atoms with E-state index in [-0.39, 0.29) is 6.03 Å². The van der Waals surface area contributed by atoms with E-state index in [1.807, 2.05) is 13.0 Å². The van der Waals surface area contributed by atoms with Crippen LogP contribution in [0.1, 0.15) is 19.0 Å². The molecule has 6 nitrogen and oxygen atoms in total. The molecule has 2 rings (SSSR count). The topological polar surface area (TPSA) is 70.4 Å². The van der Waals surface area contributed by atoms with Crippen molar-refractivity contribution in [3.05, 3.63) is 11.8 Å². The average molecular weight is 238 g/mol. The molecule has 94 valence electrons. The lowest BCUT2D eigenvalue weighted by molar-refractivity contribution is 0.176. The number of aliphatic hydroxyl groups excluding tert-OH is 1. The van der Waals surface area contributed by atoms with Gasteiger partial charge in [-0.15, -0.1) is 0 Å². The van der Waals surface area contributed by atoms with Crippen molar-refractivity contribution < 1.29 is 9.90 Å². The third kappa shape index (κ3) is 2.58. The fourth-order valence-corrected chi connectivity index (χ4v) is 1.93. The Labute approximate surface area is 100 Å². The molecule has 1 aliphatic rings. The number of nitrogens with zero attached hydrogens (tertiary/aromatic N) is 3. The van der Waals surface area contributed by atoms with Gasteiger partial charge in [0.25, 0.3) is 0 Å². The highest BCUT2D eigenvalue weighted by Gasteiger charge is 2.25. The molecule has 0 radical (unpaired) electrons. The number of hydrogen-bond donors (Lipinski definition) is 2. The Bertz CT molecular complexity index is 416. The van der Waals surface area contributed by atoms with E-state index in [4.69, 9.17) is 0 Å². The van der Waals surface area contributed by atoms with Gasteiger partial charge in [0.15, 0.2) is 0 Å². The van der Waals surface area contributed by atoms with Crippen LogP contribution in [-0.4, -0.2) is 45.0 Å². The Hall–Kier alpha value is -1.56. The van der Waals surface area contributed by atoms with Crippen molar-refractivity contribution in [2.75, 3.05) is 18.4 Å². The van der Waals surface area contributed by atoms with E-state index >= 15 is 0 Å². The Kier molecular flexibility index (Phi) is 3.33. The van der Waals surface area contributed by atoms with Gasteiger partial charge < -0.3 is 10.0 Å². The second-order valence-corrected chi connectivity index (χ2v) is 4.32. The highest BCUT2D eigenvalue weighted by atomic mass is 16.3. The molecule has 1 fully saturated rings. The van der Waals surface area contributed by atoms with Crippen molar-refractivity contribution in [3.63, 3.8) is 0 Å². The molecule has 0 bridgehead atoms. The quantitative estimate of drug-likeness (QED) is 0.791. The third-order valence-electron chi connectivity index (χ3n) is 2.98.